The summed E-state index contributed by atoms with van der Waals surface area (Å²) in [5, 5.41) is 3.58. The number of nitrogens with two attached hydrogens (primary N) is 1. The predicted octanol–water partition coefficient (Wildman–Crippen LogP) is 4.60. The molecule has 0 amide bonds. The lowest BCUT2D eigenvalue weighted by Gasteiger charge is -2.12. The monoisotopic (exact) mass is 434 g/mol. The maximum absolute atomic E-state index is 13.0. The van der Waals surface area contributed by atoms with Gasteiger partial charge in [-0.05, 0) is 66.6 Å². The van der Waals surface area contributed by atoms with Gasteiger partial charge >= 0.3 is 5.97 Å². The second-order valence-electron chi connectivity index (χ2n) is 6.85. The Labute approximate surface area is 185 Å². The number of hydrogen-bond donors (Lipinski definition) is 1. The highest BCUT2D eigenvalue weighted by Crippen LogP contribution is 2.24. The summed E-state index contributed by atoms with van der Waals surface area (Å²) in [6, 6.07) is 18.6. The van der Waals surface area contributed by atoms with Gasteiger partial charge in [-0.2, -0.15) is 0 Å². The second-order valence-corrected chi connectivity index (χ2v) is 6.85. The maximum atomic E-state index is 13.0. The Morgan fingerprint density at radius 3 is 2.53 bits per heavy atom. The molecule has 0 heterocycles. The maximum Gasteiger partial charge on any atom is 0.358 e. The molecule has 7 heteroatoms. The highest BCUT2D eigenvalue weighted by Gasteiger charge is 2.07. The van der Waals surface area contributed by atoms with E-state index in [0.717, 1.165) is 22.4 Å². The molecule has 0 radical (unpaired) electrons. The number of carbonyl (C=O) groups is 1. The minimum absolute atomic E-state index is 0.0353. The van der Waals surface area contributed by atoms with Gasteiger partial charge in [-0.25, -0.2) is 9.18 Å². The van der Waals surface area contributed by atoms with Crippen LogP contribution in [0.5, 0.6) is 11.5 Å². The van der Waals surface area contributed by atoms with Gasteiger partial charge in [-0.3, -0.25) is 0 Å². The molecule has 0 aliphatic heterocycles. The van der Waals surface area contributed by atoms with Crippen LogP contribution in [-0.2, 0) is 16.2 Å². The van der Waals surface area contributed by atoms with Crippen LogP contribution in [0.1, 0.15) is 22.3 Å². The van der Waals surface area contributed by atoms with Crippen molar-refractivity contribution in [1.29, 1.82) is 0 Å². The quantitative estimate of drug-likeness (QED) is 0.184. The lowest BCUT2D eigenvalue weighted by Crippen LogP contribution is -2.14. The third-order valence-corrected chi connectivity index (χ3v) is 4.57. The van der Waals surface area contributed by atoms with E-state index in [2.05, 4.69) is 5.16 Å². The molecule has 0 saturated heterocycles. The summed E-state index contributed by atoms with van der Waals surface area (Å²) in [5.74, 6) is 0.325. The molecular formula is C25H23FN2O4. The average molecular weight is 434 g/mol. The van der Waals surface area contributed by atoms with Crippen molar-refractivity contribution in [3.05, 3.63) is 101 Å². The van der Waals surface area contributed by atoms with E-state index >= 15 is 0 Å². The molecule has 0 aliphatic rings. The average Bonchev–Trinajstić information content (AvgIpc) is 2.81. The molecule has 32 heavy (non-hydrogen) atoms. The predicted molar refractivity (Wildman–Crippen MR) is 121 cm³/mol. The molecule has 3 rings (SSSR count). The molecule has 2 N–H and O–H groups in total. The lowest BCUT2D eigenvalue weighted by atomic mass is 10.1. The summed E-state index contributed by atoms with van der Waals surface area (Å²) in [6.07, 6.45) is 2.82. The normalized spacial score (nSPS) is 11.4. The summed E-state index contributed by atoms with van der Waals surface area (Å²) < 4.78 is 24.3. The van der Waals surface area contributed by atoms with Crippen LogP contribution in [0.25, 0.3) is 6.08 Å². The largest absolute Gasteiger partial charge is 0.496 e. The Kier molecular flexibility index (Phi) is 7.59. The van der Waals surface area contributed by atoms with Crippen molar-refractivity contribution in [2.45, 2.75) is 13.5 Å². The highest BCUT2D eigenvalue weighted by atomic mass is 19.1. The van der Waals surface area contributed by atoms with Gasteiger partial charge in [-0.1, -0.05) is 29.4 Å². The van der Waals surface area contributed by atoms with Crippen LogP contribution < -0.4 is 15.2 Å². The van der Waals surface area contributed by atoms with E-state index in [1.165, 1.54) is 30.3 Å². The molecule has 0 bridgehead atoms. The van der Waals surface area contributed by atoms with E-state index in [0.29, 0.717) is 17.9 Å². The van der Waals surface area contributed by atoms with Gasteiger partial charge in [-0.15, -0.1) is 0 Å². The number of aryl methyl sites for hydroxylation is 1. The molecule has 0 saturated carbocycles. The fourth-order valence-electron chi connectivity index (χ4n) is 2.85. The summed E-state index contributed by atoms with van der Waals surface area (Å²) in [4.78, 5) is 16.8. The van der Waals surface area contributed by atoms with Crippen LogP contribution in [0.3, 0.4) is 0 Å². The fraction of sp³-hybridized carbons (Fsp3) is 0.120. The molecule has 0 aromatic heterocycles. The Hall–Kier alpha value is -4.13. The van der Waals surface area contributed by atoms with Gasteiger partial charge in [0, 0.05) is 17.2 Å². The zero-order chi connectivity index (χ0) is 22.9. The van der Waals surface area contributed by atoms with Crippen molar-refractivity contribution in [1.82, 2.24) is 0 Å². The second kappa shape index (κ2) is 10.8. The molecule has 0 unspecified atom stereocenters. The molecule has 3 aromatic carbocycles. The van der Waals surface area contributed by atoms with E-state index in [1.807, 2.05) is 37.3 Å². The Balaban J connectivity index is 1.65. The van der Waals surface area contributed by atoms with Crippen LogP contribution >= 0.6 is 0 Å². The molecule has 0 atom stereocenters. The number of nitrogens with zero attached hydrogens (tertiary/aromatic N) is 1. The standard InChI is InChI=1S/C25H23FN2O4/c1-17-5-3-4-6-22(17)31-16-20-15-18(7-13-23(20)30-2)8-14-24(29)32-28-25(27)19-9-11-21(26)12-10-19/h3-15H,16H2,1-2H3,(H2,27,28)/b14-8-. The SMILES string of the molecule is COc1ccc(/C=C\C(=O)O/N=C(\N)c2ccc(F)cc2)cc1COc1ccccc1C. The number of methoxy groups -OCH3 is 1. The fourth-order valence-corrected chi connectivity index (χ4v) is 2.85. The molecule has 0 fully saturated rings. The number of ether oxygens (including phenoxy) is 2. The smallest absolute Gasteiger partial charge is 0.358 e. The highest BCUT2D eigenvalue weighted by molar-refractivity contribution is 5.97. The van der Waals surface area contributed by atoms with Gasteiger partial charge in [0.15, 0.2) is 5.84 Å². The van der Waals surface area contributed by atoms with Crippen LogP contribution in [0, 0.1) is 12.7 Å². The molecule has 164 valence electrons. The van der Waals surface area contributed by atoms with Crippen LogP contribution in [0.4, 0.5) is 4.39 Å². The van der Waals surface area contributed by atoms with E-state index < -0.39 is 11.8 Å². The minimum atomic E-state index is -0.705. The first-order valence-corrected chi connectivity index (χ1v) is 9.80. The van der Waals surface area contributed by atoms with Gasteiger partial charge in [0.1, 0.15) is 23.9 Å². The molecule has 6 nitrogen and oxygen atoms in total. The first kappa shape index (κ1) is 22.6. The number of para-hydroxylation sites is 1. The number of hydrogen-bond acceptors (Lipinski definition) is 5. The van der Waals surface area contributed by atoms with E-state index in [9.17, 15) is 9.18 Å². The Morgan fingerprint density at radius 2 is 1.81 bits per heavy atom. The zero-order valence-electron chi connectivity index (χ0n) is 17.7. The van der Waals surface area contributed by atoms with Crippen LogP contribution in [0.2, 0.25) is 0 Å². The lowest BCUT2D eigenvalue weighted by molar-refractivity contribution is -0.137. The van der Waals surface area contributed by atoms with Crippen molar-refractivity contribution in [2.75, 3.05) is 7.11 Å². The number of amidine groups is 1. The summed E-state index contributed by atoms with van der Waals surface area (Å²) in [6.45, 7) is 2.28. The molecule has 3 aromatic rings. The van der Waals surface area contributed by atoms with E-state index in [4.69, 9.17) is 20.0 Å². The minimum Gasteiger partial charge on any atom is -0.496 e. The number of oxime groups is 1. The summed E-state index contributed by atoms with van der Waals surface area (Å²) in [7, 11) is 1.59. The number of benzene rings is 3. The number of carbonyl (C=O) groups excluding carboxylic acids is 1. The van der Waals surface area contributed by atoms with E-state index in [1.54, 1.807) is 25.3 Å². The van der Waals surface area contributed by atoms with E-state index in [-0.39, 0.29) is 5.84 Å². The Morgan fingerprint density at radius 1 is 1.06 bits per heavy atom. The van der Waals surface area contributed by atoms with Crippen LogP contribution in [0.15, 0.2) is 78.0 Å². The van der Waals surface area contributed by atoms with Crippen molar-refractivity contribution < 1.29 is 23.5 Å². The van der Waals surface area contributed by atoms with Crippen molar-refractivity contribution >= 4 is 17.9 Å². The third-order valence-electron chi connectivity index (χ3n) is 4.57. The van der Waals surface area contributed by atoms with Gasteiger partial charge < -0.3 is 20.0 Å². The number of halogens is 1. The first-order valence-electron chi connectivity index (χ1n) is 9.80. The molecule has 0 aliphatic carbocycles. The van der Waals surface area contributed by atoms with Gasteiger partial charge in [0.2, 0.25) is 0 Å². The number of rotatable bonds is 8. The zero-order valence-corrected chi connectivity index (χ0v) is 17.7. The molecular weight excluding hydrogens is 411 g/mol. The van der Waals surface area contributed by atoms with Crippen molar-refractivity contribution in [3.8, 4) is 11.5 Å². The topological polar surface area (TPSA) is 83.1 Å². The van der Waals surface area contributed by atoms with Crippen molar-refractivity contribution in [3.63, 3.8) is 0 Å². The third kappa shape index (κ3) is 6.18. The Bertz CT molecular complexity index is 1140. The van der Waals surface area contributed by atoms with Crippen molar-refractivity contribution in [2.24, 2.45) is 10.9 Å². The van der Waals surface area contributed by atoms with Crippen LogP contribution in [-0.4, -0.2) is 18.9 Å². The summed E-state index contributed by atoms with van der Waals surface area (Å²) in [5.41, 5.74) is 8.79. The van der Waals surface area contributed by atoms with Gasteiger partial charge in [0.25, 0.3) is 0 Å². The van der Waals surface area contributed by atoms with Gasteiger partial charge in [0.05, 0.1) is 7.11 Å². The first-order chi connectivity index (χ1) is 15.5. The molecule has 0 spiro atoms. The summed E-state index contributed by atoms with van der Waals surface area (Å²) >= 11 is 0.